The van der Waals surface area contributed by atoms with E-state index >= 15 is 0 Å². The molecular weight excluding hydrogens is 502 g/mol. The molecule has 2 aromatic heterocycles. The van der Waals surface area contributed by atoms with Gasteiger partial charge in [0.1, 0.15) is 23.8 Å². The molecule has 0 spiro atoms. The van der Waals surface area contributed by atoms with Gasteiger partial charge in [0.25, 0.3) is 0 Å². The summed E-state index contributed by atoms with van der Waals surface area (Å²) in [5.41, 5.74) is -2.09. The Hall–Kier alpha value is -3.80. The van der Waals surface area contributed by atoms with Crippen LogP contribution in [0.1, 0.15) is 16.7 Å². The molecule has 12 heteroatoms. The van der Waals surface area contributed by atoms with E-state index in [4.69, 9.17) is 9.47 Å². The highest BCUT2D eigenvalue weighted by Crippen LogP contribution is 2.45. The monoisotopic (exact) mass is 522 g/mol. The summed E-state index contributed by atoms with van der Waals surface area (Å²) in [6.45, 7) is 2.37. The first-order chi connectivity index (χ1) is 17.5. The number of benzene rings is 2. The Labute approximate surface area is 206 Å². The molecule has 0 bridgehead atoms. The summed E-state index contributed by atoms with van der Waals surface area (Å²) in [7, 11) is 1.55. The number of H-pyrrole nitrogens is 1. The van der Waals surface area contributed by atoms with Gasteiger partial charge < -0.3 is 19.4 Å². The molecule has 4 aromatic rings. The van der Waals surface area contributed by atoms with E-state index in [-0.39, 0.29) is 30.1 Å². The van der Waals surface area contributed by atoms with E-state index in [1.165, 1.54) is 0 Å². The molecule has 5 rings (SSSR count). The molecule has 2 aromatic carbocycles. The van der Waals surface area contributed by atoms with Gasteiger partial charge in [-0.05, 0) is 42.8 Å². The Morgan fingerprint density at radius 3 is 2.51 bits per heavy atom. The fourth-order valence-corrected chi connectivity index (χ4v) is 4.36. The molecule has 0 radical (unpaired) electrons. The molecule has 0 aliphatic carbocycles. The number of para-hydroxylation sites is 1. The van der Waals surface area contributed by atoms with Crippen LogP contribution in [-0.2, 0) is 17.1 Å². The number of anilines is 2. The highest BCUT2D eigenvalue weighted by molar-refractivity contribution is 5.87. The minimum absolute atomic E-state index is 0.0568. The number of halogens is 6. The lowest BCUT2D eigenvalue weighted by molar-refractivity contribution is -0.142. The van der Waals surface area contributed by atoms with Gasteiger partial charge in [0.15, 0.2) is 5.75 Å². The van der Waals surface area contributed by atoms with Crippen molar-refractivity contribution in [2.45, 2.75) is 25.3 Å². The predicted molar refractivity (Wildman–Crippen MR) is 124 cm³/mol. The van der Waals surface area contributed by atoms with Crippen molar-refractivity contribution < 1.29 is 35.8 Å². The average Bonchev–Trinajstić information content (AvgIpc) is 3.26. The van der Waals surface area contributed by atoms with Gasteiger partial charge in [0.2, 0.25) is 0 Å². The van der Waals surface area contributed by atoms with Gasteiger partial charge in [-0.3, -0.25) is 0 Å². The first-order valence-electron chi connectivity index (χ1n) is 11.1. The quantitative estimate of drug-likeness (QED) is 0.310. The second-order valence-corrected chi connectivity index (χ2v) is 8.64. The molecule has 0 saturated heterocycles. The summed E-state index contributed by atoms with van der Waals surface area (Å²) < 4.78 is 92.4. The number of imidazole rings is 1. The van der Waals surface area contributed by atoms with Gasteiger partial charge in [-0.1, -0.05) is 12.1 Å². The van der Waals surface area contributed by atoms with Crippen molar-refractivity contribution in [2.24, 2.45) is 0 Å². The molecule has 1 aliphatic heterocycles. The number of fused-ring (bicyclic) bond motifs is 2. The van der Waals surface area contributed by atoms with Crippen LogP contribution in [0, 0.1) is 6.92 Å². The highest BCUT2D eigenvalue weighted by atomic mass is 19.4. The van der Waals surface area contributed by atoms with Gasteiger partial charge in [0.05, 0.1) is 40.5 Å². The van der Waals surface area contributed by atoms with Crippen LogP contribution < -0.4 is 9.64 Å². The summed E-state index contributed by atoms with van der Waals surface area (Å²) in [5.74, 6) is 0.854. The number of alkyl halides is 6. The summed E-state index contributed by atoms with van der Waals surface area (Å²) in [5, 5.41) is 0. The normalized spacial score (nSPS) is 16.1. The number of rotatable bonds is 4. The maximum Gasteiger partial charge on any atom is 0.418 e. The third-order valence-corrected chi connectivity index (χ3v) is 6.02. The fraction of sp³-hybridized carbons (Fsp3) is 0.280. The van der Waals surface area contributed by atoms with E-state index in [2.05, 4.69) is 15.0 Å². The molecule has 0 amide bonds. The predicted octanol–water partition coefficient (Wildman–Crippen LogP) is 6.52. The second-order valence-electron chi connectivity index (χ2n) is 8.64. The number of nitrogens with zero attached hydrogens (tertiary/aromatic N) is 3. The van der Waals surface area contributed by atoms with Gasteiger partial charge in [-0.25, -0.2) is 9.97 Å². The number of aromatic amines is 1. The van der Waals surface area contributed by atoms with Crippen LogP contribution in [-0.4, -0.2) is 41.3 Å². The van der Waals surface area contributed by atoms with Crippen molar-refractivity contribution in [1.29, 1.82) is 0 Å². The largest absolute Gasteiger partial charge is 0.488 e. The van der Waals surface area contributed by atoms with Crippen molar-refractivity contribution in [3.63, 3.8) is 0 Å². The lowest BCUT2D eigenvalue weighted by Crippen LogP contribution is -2.43. The van der Waals surface area contributed by atoms with E-state index < -0.39 is 29.0 Å². The van der Waals surface area contributed by atoms with Crippen molar-refractivity contribution in [3.05, 3.63) is 65.4 Å². The van der Waals surface area contributed by atoms with Crippen molar-refractivity contribution >= 4 is 22.5 Å². The molecule has 0 saturated carbocycles. The number of pyridine rings is 1. The molecule has 1 N–H and O–H groups in total. The molecule has 0 unspecified atom stereocenters. The number of methoxy groups -OCH3 is 1. The molecule has 6 nitrogen and oxygen atoms in total. The van der Waals surface area contributed by atoms with Crippen LogP contribution in [0.15, 0.2) is 48.7 Å². The molecule has 1 aliphatic rings. The molecular formula is C25H20F6N4O2. The first-order valence-corrected chi connectivity index (χ1v) is 11.1. The zero-order chi connectivity index (χ0) is 26.5. The van der Waals surface area contributed by atoms with Crippen molar-refractivity contribution in [2.75, 3.05) is 25.2 Å². The van der Waals surface area contributed by atoms with Gasteiger partial charge in [-0.2, -0.15) is 26.3 Å². The Kier molecular flexibility index (Phi) is 6.01. The molecule has 1 atom stereocenters. The number of aryl methyl sites for hydroxylation is 1. The van der Waals surface area contributed by atoms with Gasteiger partial charge in [0, 0.05) is 13.3 Å². The molecule has 0 fully saturated rings. The lowest BCUT2D eigenvalue weighted by atomic mass is 10.1. The summed E-state index contributed by atoms with van der Waals surface area (Å²) in [6.07, 6.45) is -8.30. The Balaban J connectivity index is 1.68. The Morgan fingerprint density at radius 2 is 1.86 bits per heavy atom. The standard InChI is InChI=1S/C25H20F6N4O2/c1-13-6-7-20(32-10-13)35-15(11-36-2)12-37-22-16(4-3-5-19(22)35)23-33-18-9-14(24(26,27)28)8-17(21(18)34-23)25(29,30)31/h3-10,15H,11-12H2,1-2H3,(H,33,34)/t15-/m0/s1. The zero-order valence-corrected chi connectivity index (χ0v) is 19.5. The van der Waals surface area contributed by atoms with Crippen molar-refractivity contribution in [1.82, 2.24) is 15.0 Å². The smallest absolute Gasteiger partial charge is 0.418 e. The van der Waals surface area contributed by atoms with Crippen molar-refractivity contribution in [3.8, 4) is 17.1 Å². The third kappa shape index (κ3) is 4.57. The van der Waals surface area contributed by atoms with Crippen LogP contribution in [0.2, 0.25) is 0 Å². The Morgan fingerprint density at radius 1 is 1.08 bits per heavy atom. The van der Waals surface area contributed by atoms with E-state index in [0.29, 0.717) is 35.5 Å². The maximum atomic E-state index is 13.7. The third-order valence-electron chi connectivity index (χ3n) is 6.02. The maximum absolute atomic E-state index is 13.7. The van der Waals surface area contributed by atoms with Crippen LogP contribution in [0.4, 0.5) is 37.8 Å². The Bertz CT molecular complexity index is 1450. The van der Waals surface area contributed by atoms with E-state index in [1.807, 2.05) is 24.0 Å². The van der Waals surface area contributed by atoms with Crippen LogP contribution in [0.5, 0.6) is 5.75 Å². The molecule has 3 heterocycles. The highest BCUT2D eigenvalue weighted by Gasteiger charge is 2.39. The lowest BCUT2D eigenvalue weighted by Gasteiger charge is -2.38. The fourth-order valence-electron chi connectivity index (χ4n) is 4.36. The second kappa shape index (κ2) is 8.94. The van der Waals surface area contributed by atoms with Crippen LogP contribution in [0.25, 0.3) is 22.4 Å². The summed E-state index contributed by atoms with van der Waals surface area (Å²) >= 11 is 0. The van der Waals surface area contributed by atoms with E-state index in [1.54, 1.807) is 31.5 Å². The minimum Gasteiger partial charge on any atom is -0.488 e. The number of hydrogen-bond acceptors (Lipinski definition) is 5. The summed E-state index contributed by atoms with van der Waals surface area (Å²) in [4.78, 5) is 13.1. The molecule has 194 valence electrons. The van der Waals surface area contributed by atoms with Crippen LogP contribution >= 0.6 is 0 Å². The summed E-state index contributed by atoms with van der Waals surface area (Å²) in [6, 6.07) is 9.14. The van der Waals surface area contributed by atoms with E-state index in [9.17, 15) is 26.3 Å². The SMILES string of the molecule is COC[C@H]1COc2c(-c3nc4c(C(F)(F)F)cc(C(F)(F)F)cc4[nH]3)cccc2N1c1ccc(C)cn1. The topological polar surface area (TPSA) is 63.3 Å². The van der Waals surface area contributed by atoms with Crippen LogP contribution in [0.3, 0.4) is 0 Å². The first kappa shape index (κ1) is 24.9. The average molecular weight is 522 g/mol. The number of aromatic nitrogens is 3. The number of nitrogens with one attached hydrogen (secondary N) is 1. The van der Waals surface area contributed by atoms with Gasteiger partial charge >= 0.3 is 12.4 Å². The number of hydrogen-bond donors (Lipinski definition) is 1. The zero-order valence-electron chi connectivity index (χ0n) is 19.5. The minimum atomic E-state index is -5.04. The molecule has 37 heavy (non-hydrogen) atoms. The number of ether oxygens (including phenoxy) is 2. The van der Waals surface area contributed by atoms with Gasteiger partial charge in [-0.15, -0.1) is 0 Å². The van der Waals surface area contributed by atoms with E-state index in [0.717, 1.165) is 5.56 Å².